The van der Waals surface area contributed by atoms with Crippen molar-refractivity contribution in [3.05, 3.63) is 157 Å². The molecule has 4 aromatic heterocycles. The topological polar surface area (TPSA) is 73.4 Å². The third kappa shape index (κ3) is 5.12. The van der Waals surface area contributed by atoms with Crippen molar-refractivity contribution in [2.75, 3.05) is 0 Å². The Bertz CT molecular complexity index is 2820. The minimum atomic E-state index is 0.443. The van der Waals surface area contributed by atoms with Gasteiger partial charge in [0.25, 0.3) is 0 Å². The molecule has 10 rings (SSSR count). The van der Waals surface area contributed by atoms with E-state index in [-0.39, 0.29) is 0 Å². The van der Waals surface area contributed by atoms with Gasteiger partial charge < -0.3 is 0 Å². The monoisotopic (exact) mass is 672 g/mol. The summed E-state index contributed by atoms with van der Waals surface area (Å²) in [4.78, 5) is 8.26. The third-order valence-electron chi connectivity index (χ3n) is 9.13. The van der Waals surface area contributed by atoms with Crippen LogP contribution in [0.5, 0.6) is 0 Å². The Labute approximate surface area is 295 Å². The number of nitrogens with zero attached hydrogens (tertiary/aromatic N) is 4. The van der Waals surface area contributed by atoms with Gasteiger partial charge >= 0.3 is 0 Å². The zero-order valence-corrected chi connectivity index (χ0v) is 28.1. The number of fused-ring (bicyclic) bond motifs is 10. The maximum absolute atomic E-state index is 9.12. The first kappa shape index (κ1) is 29.7. The average Bonchev–Trinajstić information content (AvgIpc) is 3.76. The Kier molecular flexibility index (Phi) is 7.25. The first-order chi connectivity index (χ1) is 24.7. The van der Waals surface area contributed by atoms with Gasteiger partial charge in [0.2, 0.25) is 0 Å². The van der Waals surface area contributed by atoms with E-state index in [9.17, 15) is 0 Å². The van der Waals surface area contributed by atoms with Gasteiger partial charge in [-0.3, -0.25) is 4.98 Å². The Morgan fingerprint density at radius 1 is 0.460 bits per heavy atom. The molecule has 0 aliphatic carbocycles. The van der Waals surface area contributed by atoms with Gasteiger partial charge in [0, 0.05) is 64.5 Å². The van der Waals surface area contributed by atoms with Gasteiger partial charge in [-0.05, 0) is 92.8 Å². The molecule has 0 aliphatic heterocycles. The van der Waals surface area contributed by atoms with Crippen LogP contribution in [-0.2, 0) is 0 Å². The molecule has 0 saturated heterocycles. The molecule has 6 aromatic carbocycles. The highest BCUT2D eigenvalue weighted by atomic mass is 32.1. The summed E-state index contributed by atoms with van der Waals surface area (Å²) in [6, 6.07) is 48.8. The number of rotatable bonds is 2. The molecule has 232 valence electrons. The molecule has 0 amide bonds. The maximum atomic E-state index is 9.12. The first-order valence-corrected chi connectivity index (χ1v) is 17.7. The average molecular weight is 673 g/mol. The van der Waals surface area contributed by atoms with Crippen LogP contribution < -0.4 is 0 Å². The Hall–Kier alpha value is -6.44. The second-order valence-electron chi connectivity index (χ2n) is 12.1. The van der Waals surface area contributed by atoms with E-state index in [2.05, 4.69) is 131 Å². The van der Waals surface area contributed by atoms with Crippen LogP contribution in [0.2, 0.25) is 0 Å². The van der Waals surface area contributed by atoms with Gasteiger partial charge in [0.1, 0.15) is 17.8 Å². The quantitative estimate of drug-likeness (QED) is 0.183. The van der Waals surface area contributed by atoms with Crippen LogP contribution >= 0.6 is 22.7 Å². The van der Waals surface area contributed by atoms with Crippen LogP contribution in [0.25, 0.3) is 84.1 Å². The van der Waals surface area contributed by atoms with Crippen molar-refractivity contribution in [2.45, 2.75) is 0 Å². The lowest BCUT2D eigenvalue weighted by Gasteiger charge is -2.04. The van der Waals surface area contributed by atoms with Crippen LogP contribution in [0, 0.1) is 22.7 Å². The fourth-order valence-corrected chi connectivity index (χ4v) is 8.99. The Balaban J connectivity index is 0.000000135. The van der Waals surface area contributed by atoms with Gasteiger partial charge in [-0.1, -0.05) is 72.8 Å². The van der Waals surface area contributed by atoms with Crippen molar-refractivity contribution < 1.29 is 0 Å². The molecule has 0 saturated carbocycles. The number of aromatic nitrogens is 2. The van der Waals surface area contributed by atoms with Crippen LogP contribution in [0.3, 0.4) is 0 Å². The summed E-state index contributed by atoms with van der Waals surface area (Å²) in [5, 5.41) is 28.5. The van der Waals surface area contributed by atoms with E-state index in [1.54, 1.807) is 12.4 Å². The Morgan fingerprint density at radius 3 is 1.62 bits per heavy atom. The number of thiophene rings is 2. The summed E-state index contributed by atoms with van der Waals surface area (Å²) in [7, 11) is 0. The molecule has 4 heterocycles. The maximum Gasteiger partial charge on any atom is 0.141 e. The van der Waals surface area contributed by atoms with E-state index >= 15 is 0 Å². The highest BCUT2D eigenvalue weighted by molar-refractivity contribution is 7.26. The van der Waals surface area contributed by atoms with Crippen molar-refractivity contribution in [3.63, 3.8) is 0 Å². The van der Waals surface area contributed by atoms with Crippen molar-refractivity contribution in [1.29, 1.82) is 10.5 Å². The number of benzene rings is 6. The van der Waals surface area contributed by atoms with Crippen molar-refractivity contribution >= 4 is 84.6 Å². The van der Waals surface area contributed by atoms with Gasteiger partial charge in [0.15, 0.2) is 0 Å². The molecule has 0 radical (unpaired) electrons. The fourth-order valence-electron chi connectivity index (χ4n) is 6.78. The molecule has 50 heavy (non-hydrogen) atoms. The first-order valence-electron chi connectivity index (χ1n) is 16.1. The normalized spacial score (nSPS) is 11.2. The number of hydrogen-bond donors (Lipinski definition) is 0. The standard InChI is InChI=1S/2C22H12N2S/c23-11-14-9-17(13-24-12-14)16-6-7-20-19(10-16)22-18-4-2-1-3-15(18)5-8-21(22)25-20;23-13-17-11-16(9-10-24-17)15-6-7-20-19(12-15)22-18-4-2-1-3-14(18)5-8-21(22)25-20/h1-10,12-13H;1-12H. The molecule has 6 heteroatoms. The summed E-state index contributed by atoms with van der Waals surface area (Å²) in [6.45, 7) is 0. The second kappa shape index (κ2) is 12.2. The summed E-state index contributed by atoms with van der Waals surface area (Å²) in [6.07, 6.45) is 5.10. The molecule has 0 atom stereocenters. The predicted molar refractivity (Wildman–Crippen MR) is 210 cm³/mol. The summed E-state index contributed by atoms with van der Waals surface area (Å²) >= 11 is 3.64. The van der Waals surface area contributed by atoms with Crippen LogP contribution in [-0.4, -0.2) is 9.97 Å². The molecular weight excluding hydrogens is 649 g/mol. The van der Waals surface area contributed by atoms with Gasteiger partial charge in [-0.15, -0.1) is 22.7 Å². The highest BCUT2D eigenvalue weighted by Gasteiger charge is 2.12. The molecule has 0 unspecified atom stereocenters. The molecule has 0 fully saturated rings. The zero-order valence-electron chi connectivity index (χ0n) is 26.5. The number of nitriles is 2. The zero-order chi connectivity index (χ0) is 33.6. The van der Waals surface area contributed by atoms with Crippen LogP contribution in [0.15, 0.2) is 146 Å². The van der Waals surface area contributed by atoms with Gasteiger partial charge in [0.05, 0.1) is 5.56 Å². The van der Waals surface area contributed by atoms with Crippen molar-refractivity contribution in [1.82, 2.24) is 9.97 Å². The van der Waals surface area contributed by atoms with Gasteiger partial charge in [-0.25, -0.2) is 4.98 Å². The fraction of sp³-hybridized carbons (Fsp3) is 0. The minimum absolute atomic E-state index is 0.443. The second-order valence-corrected chi connectivity index (χ2v) is 14.2. The minimum Gasteiger partial charge on any atom is -0.263 e. The van der Waals surface area contributed by atoms with Gasteiger partial charge in [-0.2, -0.15) is 10.5 Å². The molecule has 0 N–H and O–H groups in total. The lowest BCUT2D eigenvalue weighted by atomic mass is 10.0. The third-order valence-corrected chi connectivity index (χ3v) is 11.4. The summed E-state index contributed by atoms with van der Waals surface area (Å²) < 4.78 is 5.16. The predicted octanol–water partition coefficient (Wildman–Crippen LogP) is 12.3. The van der Waals surface area contributed by atoms with E-state index in [0.717, 1.165) is 22.3 Å². The molecule has 0 spiro atoms. The van der Waals surface area contributed by atoms with Crippen molar-refractivity contribution in [2.24, 2.45) is 0 Å². The van der Waals surface area contributed by atoms with E-state index in [0.29, 0.717) is 11.3 Å². The van der Waals surface area contributed by atoms with E-state index in [4.69, 9.17) is 10.5 Å². The number of pyridine rings is 2. The van der Waals surface area contributed by atoms with E-state index < -0.39 is 0 Å². The summed E-state index contributed by atoms with van der Waals surface area (Å²) in [5.74, 6) is 0. The molecule has 0 aliphatic rings. The Morgan fingerprint density at radius 2 is 1.02 bits per heavy atom. The largest absolute Gasteiger partial charge is 0.263 e. The summed E-state index contributed by atoms with van der Waals surface area (Å²) in [5.41, 5.74) is 5.22. The smallest absolute Gasteiger partial charge is 0.141 e. The molecule has 4 nitrogen and oxygen atoms in total. The lowest BCUT2D eigenvalue weighted by molar-refractivity contribution is 1.27. The van der Waals surface area contributed by atoms with Crippen LogP contribution in [0.1, 0.15) is 11.3 Å². The number of hydrogen-bond acceptors (Lipinski definition) is 6. The molecular formula is C44H24N4S2. The van der Waals surface area contributed by atoms with E-state index in [1.165, 1.54) is 61.9 Å². The highest BCUT2D eigenvalue weighted by Crippen LogP contribution is 2.41. The molecule has 0 bridgehead atoms. The lowest BCUT2D eigenvalue weighted by Crippen LogP contribution is -1.84. The SMILES string of the molecule is N#Cc1cc(-c2ccc3sc4ccc5ccccc5c4c3c2)ccn1.N#Cc1cncc(-c2ccc3sc4ccc5ccccc5c4c3c2)c1. The van der Waals surface area contributed by atoms with Crippen LogP contribution in [0.4, 0.5) is 0 Å². The van der Waals surface area contributed by atoms with E-state index in [1.807, 2.05) is 47.1 Å². The van der Waals surface area contributed by atoms with Crippen molar-refractivity contribution in [3.8, 4) is 34.4 Å². The molecule has 10 aromatic rings.